The van der Waals surface area contributed by atoms with Gasteiger partial charge in [0.15, 0.2) is 0 Å². The average Bonchev–Trinajstić information content (AvgIpc) is 2.38. The van der Waals surface area contributed by atoms with Crippen LogP contribution in [0.5, 0.6) is 5.75 Å². The standard InChI is InChI=1S/C14H22N2O4/c1-14(2,7-9-17)11-15-8-10-20-13-5-3-12(4-6-13)16(18)19/h3-6,15,17H,7-11H2,1-2H3. The van der Waals surface area contributed by atoms with E-state index < -0.39 is 4.92 Å². The number of non-ortho nitro benzene ring substituents is 1. The van der Waals surface area contributed by atoms with Gasteiger partial charge in [0.05, 0.1) is 4.92 Å². The maximum Gasteiger partial charge on any atom is 0.269 e. The Morgan fingerprint density at radius 3 is 2.55 bits per heavy atom. The monoisotopic (exact) mass is 282 g/mol. The first-order chi connectivity index (χ1) is 9.44. The molecule has 1 aromatic carbocycles. The molecule has 0 aromatic heterocycles. The summed E-state index contributed by atoms with van der Waals surface area (Å²) in [7, 11) is 0. The maximum absolute atomic E-state index is 10.5. The van der Waals surface area contributed by atoms with Crippen molar-refractivity contribution < 1.29 is 14.8 Å². The van der Waals surface area contributed by atoms with Crippen molar-refractivity contribution in [1.82, 2.24) is 5.32 Å². The Morgan fingerprint density at radius 1 is 1.35 bits per heavy atom. The summed E-state index contributed by atoms with van der Waals surface area (Å²) < 4.78 is 5.48. The molecule has 0 fully saturated rings. The third kappa shape index (κ3) is 5.99. The van der Waals surface area contributed by atoms with Crippen LogP contribution in [0.25, 0.3) is 0 Å². The lowest BCUT2D eigenvalue weighted by atomic mass is 9.90. The molecule has 6 nitrogen and oxygen atoms in total. The highest BCUT2D eigenvalue weighted by Gasteiger charge is 2.15. The predicted octanol–water partition coefficient (Wildman–Crippen LogP) is 1.97. The molecule has 0 aliphatic carbocycles. The highest BCUT2D eigenvalue weighted by molar-refractivity contribution is 5.35. The summed E-state index contributed by atoms with van der Waals surface area (Å²) in [4.78, 5) is 10.1. The van der Waals surface area contributed by atoms with Crippen LogP contribution in [-0.2, 0) is 0 Å². The van der Waals surface area contributed by atoms with Crippen molar-refractivity contribution in [2.45, 2.75) is 20.3 Å². The van der Waals surface area contributed by atoms with Crippen LogP contribution in [0.2, 0.25) is 0 Å². The fraction of sp³-hybridized carbons (Fsp3) is 0.571. The Kier molecular flexibility index (Phi) is 6.41. The number of nitrogens with one attached hydrogen (secondary N) is 1. The fourth-order valence-corrected chi connectivity index (χ4v) is 1.72. The van der Waals surface area contributed by atoms with Crippen LogP contribution in [0.1, 0.15) is 20.3 Å². The number of hydrogen-bond donors (Lipinski definition) is 2. The smallest absolute Gasteiger partial charge is 0.269 e. The van der Waals surface area contributed by atoms with E-state index in [0.717, 1.165) is 13.0 Å². The number of nitro groups is 1. The number of aliphatic hydroxyl groups is 1. The van der Waals surface area contributed by atoms with Crippen LogP contribution in [0.3, 0.4) is 0 Å². The first-order valence-corrected chi connectivity index (χ1v) is 6.63. The van der Waals surface area contributed by atoms with Crippen molar-refractivity contribution in [3.8, 4) is 5.75 Å². The first kappa shape index (κ1) is 16.4. The van der Waals surface area contributed by atoms with Crippen molar-refractivity contribution in [3.63, 3.8) is 0 Å². The first-order valence-electron chi connectivity index (χ1n) is 6.63. The van der Waals surface area contributed by atoms with Gasteiger partial charge in [-0.25, -0.2) is 0 Å². The van der Waals surface area contributed by atoms with Gasteiger partial charge in [-0.3, -0.25) is 10.1 Å². The number of benzene rings is 1. The molecule has 2 N–H and O–H groups in total. The second-order valence-corrected chi connectivity index (χ2v) is 5.41. The number of nitro benzene ring substituents is 1. The summed E-state index contributed by atoms with van der Waals surface area (Å²) in [5.41, 5.74) is 0.114. The molecule has 1 rings (SSSR count). The van der Waals surface area contributed by atoms with Crippen LogP contribution in [-0.4, -0.2) is 36.3 Å². The maximum atomic E-state index is 10.5. The van der Waals surface area contributed by atoms with E-state index in [4.69, 9.17) is 9.84 Å². The van der Waals surface area contributed by atoms with Crippen LogP contribution in [0.4, 0.5) is 5.69 Å². The molecule has 0 bridgehead atoms. The van der Waals surface area contributed by atoms with Gasteiger partial charge in [-0.05, 0) is 24.0 Å². The van der Waals surface area contributed by atoms with Gasteiger partial charge < -0.3 is 15.2 Å². The molecule has 0 aliphatic heterocycles. The summed E-state index contributed by atoms with van der Waals surface area (Å²) in [5, 5.41) is 22.7. The Hall–Kier alpha value is -1.66. The van der Waals surface area contributed by atoms with Gasteiger partial charge in [-0.1, -0.05) is 13.8 Å². The number of aliphatic hydroxyl groups excluding tert-OH is 1. The average molecular weight is 282 g/mol. The van der Waals surface area contributed by atoms with Gasteiger partial charge >= 0.3 is 0 Å². The van der Waals surface area contributed by atoms with E-state index in [1.54, 1.807) is 12.1 Å². The molecule has 0 saturated carbocycles. The molecule has 0 atom stereocenters. The Bertz CT molecular complexity index is 418. The van der Waals surface area contributed by atoms with Crippen molar-refractivity contribution in [2.24, 2.45) is 5.41 Å². The molecule has 112 valence electrons. The highest BCUT2D eigenvalue weighted by Crippen LogP contribution is 2.18. The molecule has 0 amide bonds. The minimum absolute atomic E-state index is 0.0567. The second-order valence-electron chi connectivity index (χ2n) is 5.41. The summed E-state index contributed by atoms with van der Waals surface area (Å²) >= 11 is 0. The van der Waals surface area contributed by atoms with Crippen molar-refractivity contribution in [3.05, 3.63) is 34.4 Å². The predicted molar refractivity (Wildman–Crippen MR) is 76.9 cm³/mol. The van der Waals surface area contributed by atoms with E-state index in [0.29, 0.717) is 18.9 Å². The lowest BCUT2D eigenvalue weighted by Gasteiger charge is -2.23. The van der Waals surface area contributed by atoms with Gasteiger partial charge in [0, 0.05) is 31.8 Å². The molecular formula is C14H22N2O4. The topological polar surface area (TPSA) is 84.6 Å². The summed E-state index contributed by atoms with van der Waals surface area (Å²) in [6, 6.07) is 6.03. The Labute approximate surface area is 118 Å². The quantitative estimate of drug-likeness (QED) is 0.411. The number of ether oxygens (including phenoxy) is 1. The Morgan fingerprint density at radius 2 is 2.00 bits per heavy atom. The molecule has 0 heterocycles. The number of hydrogen-bond acceptors (Lipinski definition) is 5. The summed E-state index contributed by atoms with van der Waals surface area (Å²) in [5.74, 6) is 0.618. The van der Waals surface area contributed by atoms with Crippen LogP contribution >= 0.6 is 0 Å². The summed E-state index contributed by atoms with van der Waals surface area (Å²) in [6.07, 6.45) is 0.753. The van der Waals surface area contributed by atoms with E-state index in [1.165, 1.54) is 12.1 Å². The molecule has 6 heteroatoms. The van der Waals surface area contributed by atoms with Crippen LogP contribution in [0, 0.1) is 15.5 Å². The van der Waals surface area contributed by atoms with Crippen LogP contribution < -0.4 is 10.1 Å². The SMILES string of the molecule is CC(C)(CCO)CNCCOc1ccc([N+](=O)[O-])cc1. The van der Waals surface area contributed by atoms with E-state index in [9.17, 15) is 10.1 Å². The van der Waals surface area contributed by atoms with E-state index in [2.05, 4.69) is 19.2 Å². The van der Waals surface area contributed by atoms with Gasteiger partial charge in [0.2, 0.25) is 0 Å². The van der Waals surface area contributed by atoms with E-state index in [-0.39, 0.29) is 17.7 Å². The van der Waals surface area contributed by atoms with Gasteiger partial charge in [0.1, 0.15) is 12.4 Å². The molecule has 0 aliphatic rings. The minimum atomic E-state index is -0.436. The van der Waals surface area contributed by atoms with Crippen molar-refractivity contribution in [2.75, 3.05) is 26.3 Å². The number of rotatable bonds is 9. The van der Waals surface area contributed by atoms with Crippen molar-refractivity contribution in [1.29, 1.82) is 0 Å². The van der Waals surface area contributed by atoms with Gasteiger partial charge in [0.25, 0.3) is 5.69 Å². The Balaban J connectivity index is 2.23. The van der Waals surface area contributed by atoms with Gasteiger partial charge in [-0.2, -0.15) is 0 Å². The molecular weight excluding hydrogens is 260 g/mol. The number of nitrogens with zero attached hydrogens (tertiary/aromatic N) is 1. The van der Waals surface area contributed by atoms with E-state index >= 15 is 0 Å². The van der Waals surface area contributed by atoms with Gasteiger partial charge in [-0.15, -0.1) is 0 Å². The zero-order valence-electron chi connectivity index (χ0n) is 12.0. The zero-order valence-corrected chi connectivity index (χ0v) is 12.0. The molecule has 0 spiro atoms. The lowest BCUT2D eigenvalue weighted by molar-refractivity contribution is -0.384. The largest absolute Gasteiger partial charge is 0.492 e. The second kappa shape index (κ2) is 7.81. The summed E-state index contributed by atoms with van der Waals surface area (Å²) in [6.45, 7) is 6.35. The highest BCUT2D eigenvalue weighted by atomic mass is 16.6. The van der Waals surface area contributed by atoms with Crippen molar-refractivity contribution >= 4 is 5.69 Å². The molecule has 20 heavy (non-hydrogen) atoms. The van der Waals surface area contributed by atoms with E-state index in [1.807, 2.05) is 0 Å². The molecule has 0 unspecified atom stereocenters. The third-order valence-corrected chi connectivity index (χ3v) is 2.99. The van der Waals surface area contributed by atoms with Crippen LogP contribution in [0.15, 0.2) is 24.3 Å². The third-order valence-electron chi connectivity index (χ3n) is 2.99. The fourth-order valence-electron chi connectivity index (χ4n) is 1.72. The zero-order chi connectivity index (χ0) is 15.0. The molecule has 1 aromatic rings. The lowest BCUT2D eigenvalue weighted by Crippen LogP contribution is -2.32. The minimum Gasteiger partial charge on any atom is -0.492 e. The molecule has 0 saturated heterocycles. The molecule has 0 radical (unpaired) electrons. The normalized spacial score (nSPS) is 11.3.